The number of likely N-dealkylation sites (tertiary alicyclic amines) is 1. The van der Waals surface area contributed by atoms with Gasteiger partial charge in [-0.05, 0) is 25.0 Å². The minimum absolute atomic E-state index is 0.182. The molecule has 17 heavy (non-hydrogen) atoms. The van der Waals surface area contributed by atoms with Crippen molar-refractivity contribution in [2.45, 2.75) is 18.9 Å². The van der Waals surface area contributed by atoms with E-state index in [9.17, 15) is 9.59 Å². The average molecular weight is 226 g/mol. The van der Waals surface area contributed by atoms with Gasteiger partial charge in [-0.15, -0.1) is 0 Å². The summed E-state index contributed by atoms with van der Waals surface area (Å²) in [5, 5.41) is 9.05. The Hall–Kier alpha value is -2.15. The van der Waals surface area contributed by atoms with Crippen LogP contribution < -0.4 is 0 Å². The molecule has 1 saturated carbocycles. The predicted molar refractivity (Wildman–Crippen MR) is 58.7 cm³/mol. The maximum Gasteiger partial charge on any atom is 0.261 e. The van der Waals surface area contributed by atoms with E-state index in [0.717, 1.165) is 17.7 Å². The summed E-state index contributed by atoms with van der Waals surface area (Å²) in [5.41, 5.74) is -0.0595. The van der Waals surface area contributed by atoms with Gasteiger partial charge in [-0.25, -0.2) is 0 Å². The summed E-state index contributed by atoms with van der Waals surface area (Å²) in [6, 6.07) is 10.1. The van der Waals surface area contributed by atoms with Crippen LogP contribution in [0.1, 0.15) is 23.2 Å². The summed E-state index contributed by atoms with van der Waals surface area (Å²) in [7, 11) is 0. The van der Waals surface area contributed by atoms with Crippen molar-refractivity contribution >= 4 is 11.8 Å². The molecule has 2 fully saturated rings. The van der Waals surface area contributed by atoms with E-state index in [4.69, 9.17) is 5.26 Å². The second-order valence-electron chi connectivity index (χ2n) is 4.53. The third kappa shape index (κ3) is 1.17. The highest BCUT2D eigenvalue weighted by Gasteiger charge is 2.70. The SMILES string of the molecule is N#CC1N(C(=O)c2ccccc2)C(=O)C12CC2. The van der Waals surface area contributed by atoms with Gasteiger partial charge >= 0.3 is 0 Å². The van der Waals surface area contributed by atoms with Crippen LogP contribution in [-0.4, -0.2) is 22.8 Å². The zero-order chi connectivity index (χ0) is 12.0. The maximum absolute atomic E-state index is 12.1. The van der Waals surface area contributed by atoms with Gasteiger partial charge in [0, 0.05) is 5.56 Å². The Kier molecular flexibility index (Phi) is 1.87. The van der Waals surface area contributed by atoms with Crippen molar-refractivity contribution in [3.8, 4) is 6.07 Å². The lowest BCUT2D eigenvalue weighted by Gasteiger charge is -2.42. The van der Waals surface area contributed by atoms with E-state index in [-0.39, 0.29) is 11.8 Å². The van der Waals surface area contributed by atoms with E-state index in [1.807, 2.05) is 0 Å². The number of nitrogens with zero attached hydrogens (tertiary/aromatic N) is 2. The van der Waals surface area contributed by atoms with Crippen LogP contribution in [0.25, 0.3) is 0 Å². The lowest BCUT2D eigenvalue weighted by molar-refractivity contribution is -0.150. The molecule has 1 aromatic rings. The molecule has 1 aliphatic carbocycles. The number of hydrogen-bond acceptors (Lipinski definition) is 3. The van der Waals surface area contributed by atoms with Crippen molar-refractivity contribution in [1.29, 1.82) is 5.26 Å². The van der Waals surface area contributed by atoms with Crippen molar-refractivity contribution in [2.24, 2.45) is 5.41 Å². The minimum Gasteiger partial charge on any atom is -0.274 e. The van der Waals surface area contributed by atoms with Crippen LogP contribution in [0.3, 0.4) is 0 Å². The Labute approximate surface area is 98.4 Å². The van der Waals surface area contributed by atoms with Crippen molar-refractivity contribution in [1.82, 2.24) is 4.90 Å². The molecule has 1 aromatic carbocycles. The lowest BCUT2D eigenvalue weighted by Crippen LogP contribution is -2.64. The molecule has 0 radical (unpaired) electrons. The third-order valence-corrected chi connectivity index (χ3v) is 3.58. The number of rotatable bonds is 1. The molecule has 2 aliphatic rings. The maximum atomic E-state index is 12.1. The van der Waals surface area contributed by atoms with Crippen molar-refractivity contribution in [3.05, 3.63) is 35.9 Å². The van der Waals surface area contributed by atoms with Gasteiger partial charge < -0.3 is 0 Å². The highest BCUT2D eigenvalue weighted by molar-refractivity contribution is 6.12. The van der Waals surface area contributed by atoms with Crippen LogP contribution in [0.4, 0.5) is 0 Å². The largest absolute Gasteiger partial charge is 0.274 e. The first-order chi connectivity index (χ1) is 8.20. The van der Waals surface area contributed by atoms with Gasteiger partial charge in [0.2, 0.25) is 5.91 Å². The topological polar surface area (TPSA) is 61.2 Å². The monoisotopic (exact) mass is 226 g/mol. The highest BCUT2D eigenvalue weighted by atomic mass is 16.2. The summed E-state index contributed by atoms with van der Waals surface area (Å²) in [4.78, 5) is 25.1. The molecule has 4 heteroatoms. The number of β-lactam (4-membered cyclic amide) rings is 1. The van der Waals surface area contributed by atoms with E-state index in [1.165, 1.54) is 0 Å². The first-order valence-electron chi connectivity index (χ1n) is 5.53. The number of nitriles is 1. The number of amides is 2. The Bertz CT molecular complexity index is 540. The molecule has 4 nitrogen and oxygen atoms in total. The first-order valence-corrected chi connectivity index (χ1v) is 5.53. The van der Waals surface area contributed by atoms with E-state index in [0.29, 0.717) is 5.56 Å². The molecular weight excluding hydrogens is 216 g/mol. The fourth-order valence-corrected chi connectivity index (χ4v) is 2.39. The van der Waals surface area contributed by atoms with Crippen molar-refractivity contribution < 1.29 is 9.59 Å². The lowest BCUT2D eigenvalue weighted by atomic mass is 9.84. The summed E-state index contributed by atoms with van der Waals surface area (Å²) < 4.78 is 0. The van der Waals surface area contributed by atoms with Gasteiger partial charge in [0.25, 0.3) is 5.91 Å². The molecule has 1 heterocycles. The first kappa shape index (κ1) is 10.0. The molecule has 0 bridgehead atoms. The number of imide groups is 1. The normalized spacial score (nSPS) is 24.1. The van der Waals surface area contributed by atoms with Crippen LogP contribution in [0.5, 0.6) is 0 Å². The third-order valence-electron chi connectivity index (χ3n) is 3.58. The number of carbonyl (C=O) groups is 2. The quantitative estimate of drug-likeness (QED) is 0.536. The zero-order valence-corrected chi connectivity index (χ0v) is 9.09. The van der Waals surface area contributed by atoms with Gasteiger partial charge in [0.1, 0.15) is 6.04 Å². The average Bonchev–Trinajstić information content (AvgIpc) is 3.18. The molecular formula is C13H10N2O2. The van der Waals surface area contributed by atoms with Crippen LogP contribution >= 0.6 is 0 Å². The van der Waals surface area contributed by atoms with E-state index in [1.54, 1.807) is 30.3 Å². The fourth-order valence-electron chi connectivity index (χ4n) is 2.39. The van der Waals surface area contributed by atoms with Gasteiger partial charge in [-0.1, -0.05) is 18.2 Å². The smallest absolute Gasteiger partial charge is 0.261 e. The van der Waals surface area contributed by atoms with Crippen LogP contribution in [0.2, 0.25) is 0 Å². The Morgan fingerprint density at radius 3 is 2.53 bits per heavy atom. The van der Waals surface area contributed by atoms with Gasteiger partial charge in [0.05, 0.1) is 11.5 Å². The van der Waals surface area contributed by atoms with E-state index >= 15 is 0 Å². The summed E-state index contributed by atoms with van der Waals surface area (Å²) in [6.45, 7) is 0. The molecule has 0 N–H and O–H groups in total. The summed E-state index contributed by atoms with van der Waals surface area (Å²) >= 11 is 0. The molecule has 1 unspecified atom stereocenters. The zero-order valence-electron chi connectivity index (χ0n) is 9.09. The Balaban J connectivity index is 1.89. The van der Waals surface area contributed by atoms with Crippen molar-refractivity contribution in [2.75, 3.05) is 0 Å². The van der Waals surface area contributed by atoms with Crippen LogP contribution in [0, 0.1) is 16.7 Å². The van der Waals surface area contributed by atoms with E-state index < -0.39 is 11.5 Å². The molecule has 84 valence electrons. The molecule has 1 aliphatic heterocycles. The fraction of sp³-hybridized carbons (Fsp3) is 0.308. The number of carbonyl (C=O) groups excluding carboxylic acids is 2. The van der Waals surface area contributed by atoms with Crippen LogP contribution in [0.15, 0.2) is 30.3 Å². The molecule has 1 atom stereocenters. The minimum atomic E-state index is -0.567. The molecule has 3 rings (SSSR count). The van der Waals surface area contributed by atoms with Crippen LogP contribution in [-0.2, 0) is 4.79 Å². The second kappa shape index (κ2) is 3.17. The molecule has 1 spiro atoms. The van der Waals surface area contributed by atoms with E-state index in [2.05, 4.69) is 6.07 Å². The molecule has 1 saturated heterocycles. The highest BCUT2D eigenvalue weighted by Crippen LogP contribution is 2.58. The van der Waals surface area contributed by atoms with Gasteiger partial charge in [0.15, 0.2) is 0 Å². The molecule has 2 amide bonds. The number of hydrogen-bond donors (Lipinski definition) is 0. The Morgan fingerprint density at radius 2 is 2.00 bits per heavy atom. The van der Waals surface area contributed by atoms with Gasteiger partial charge in [-0.2, -0.15) is 5.26 Å². The van der Waals surface area contributed by atoms with Crippen molar-refractivity contribution in [3.63, 3.8) is 0 Å². The number of benzene rings is 1. The summed E-state index contributed by atoms with van der Waals surface area (Å²) in [5.74, 6) is -0.544. The van der Waals surface area contributed by atoms with Gasteiger partial charge in [-0.3, -0.25) is 14.5 Å². The Morgan fingerprint density at radius 1 is 1.35 bits per heavy atom. The summed E-state index contributed by atoms with van der Waals surface area (Å²) in [6.07, 6.45) is 1.48. The second-order valence-corrected chi connectivity index (χ2v) is 4.53. The molecule has 0 aromatic heterocycles. The standard InChI is InChI=1S/C13H10N2O2/c14-8-10-13(6-7-13)12(17)15(10)11(16)9-4-2-1-3-5-9/h1-5,10H,6-7H2. The predicted octanol–water partition coefficient (Wildman–Crippen LogP) is 1.34.